The third-order valence-corrected chi connectivity index (χ3v) is 8.19. The molecule has 0 bridgehead atoms. The van der Waals surface area contributed by atoms with Gasteiger partial charge in [-0.15, -0.1) is 0 Å². The Hall–Kier alpha value is -0.136. The molecule has 0 aromatic carbocycles. The standard InChI is InChI=1S/C12H28O3Si2/c1-9-12(11(13)14,16(3,4)5)10(2)15-17(6,7)8/h10H,9H2,1-8H3,(H,13,14)/p-1. The lowest BCUT2D eigenvalue weighted by molar-refractivity contribution is -0.312. The number of rotatable bonds is 6. The van der Waals surface area contributed by atoms with Crippen LogP contribution in [0.2, 0.25) is 44.3 Å². The minimum absolute atomic E-state index is 0.268. The van der Waals surface area contributed by atoms with Crippen LogP contribution in [0.3, 0.4) is 0 Å². The third-order valence-electron chi connectivity index (χ3n) is 3.48. The normalized spacial score (nSPS) is 18.6. The Balaban J connectivity index is 5.41. The molecule has 0 spiro atoms. The Labute approximate surface area is 108 Å². The lowest BCUT2D eigenvalue weighted by atomic mass is 9.99. The van der Waals surface area contributed by atoms with Gasteiger partial charge in [-0.1, -0.05) is 26.6 Å². The van der Waals surface area contributed by atoms with Crippen molar-refractivity contribution in [1.29, 1.82) is 0 Å². The fraction of sp³-hybridized carbons (Fsp3) is 0.917. The van der Waals surface area contributed by atoms with E-state index in [9.17, 15) is 9.90 Å². The largest absolute Gasteiger partial charge is 0.550 e. The summed E-state index contributed by atoms with van der Waals surface area (Å²) in [6.45, 7) is 16.3. The summed E-state index contributed by atoms with van der Waals surface area (Å²) in [5.41, 5.74) is 0. The molecule has 0 amide bonds. The number of aliphatic carboxylic acids is 1. The Morgan fingerprint density at radius 2 is 1.65 bits per heavy atom. The number of carbonyl (C=O) groups excluding carboxylic acids is 1. The van der Waals surface area contributed by atoms with Crippen LogP contribution in [0.1, 0.15) is 20.3 Å². The van der Waals surface area contributed by atoms with E-state index in [1.165, 1.54) is 0 Å². The molecule has 2 atom stereocenters. The van der Waals surface area contributed by atoms with Crippen LogP contribution >= 0.6 is 0 Å². The van der Waals surface area contributed by atoms with Crippen molar-refractivity contribution in [3.05, 3.63) is 0 Å². The van der Waals surface area contributed by atoms with Gasteiger partial charge in [0, 0.05) is 11.0 Å². The zero-order valence-electron chi connectivity index (χ0n) is 12.5. The van der Waals surface area contributed by atoms with E-state index in [0.717, 1.165) is 0 Å². The summed E-state index contributed by atoms with van der Waals surface area (Å²) >= 11 is 0. The molecule has 0 fully saturated rings. The molecule has 0 radical (unpaired) electrons. The van der Waals surface area contributed by atoms with Gasteiger partial charge in [0.15, 0.2) is 8.32 Å². The van der Waals surface area contributed by atoms with Crippen LogP contribution in [-0.4, -0.2) is 28.5 Å². The average molecular weight is 276 g/mol. The number of hydrogen-bond donors (Lipinski definition) is 0. The SMILES string of the molecule is CCC(C(=O)[O-])(C(C)O[Si](C)(C)C)[Si](C)(C)C. The molecule has 0 saturated carbocycles. The van der Waals surface area contributed by atoms with Crippen LogP contribution in [0, 0.1) is 0 Å². The molecular weight excluding hydrogens is 248 g/mol. The molecule has 5 heteroatoms. The van der Waals surface area contributed by atoms with Gasteiger partial charge in [-0.25, -0.2) is 0 Å². The Morgan fingerprint density at radius 1 is 1.24 bits per heavy atom. The van der Waals surface area contributed by atoms with E-state index in [0.29, 0.717) is 6.42 Å². The second-order valence-electron chi connectivity index (χ2n) is 6.73. The van der Waals surface area contributed by atoms with Gasteiger partial charge >= 0.3 is 0 Å². The number of carboxylic acid groups (broad SMARTS) is 1. The van der Waals surface area contributed by atoms with E-state index in [1.54, 1.807) is 0 Å². The van der Waals surface area contributed by atoms with Crippen molar-refractivity contribution in [3.8, 4) is 0 Å². The first-order valence-electron chi connectivity index (χ1n) is 6.27. The van der Waals surface area contributed by atoms with Crippen LogP contribution in [0.25, 0.3) is 0 Å². The maximum Gasteiger partial charge on any atom is 0.184 e. The quantitative estimate of drug-likeness (QED) is 0.700. The summed E-state index contributed by atoms with van der Waals surface area (Å²) < 4.78 is 6.03. The molecule has 3 nitrogen and oxygen atoms in total. The van der Waals surface area contributed by atoms with Crippen LogP contribution in [0.5, 0.6) is 0 Å². The van der Waals surface area contributed by atoms with E-state index in [4.69, 9.17) is 4.43 Å². The molecule has 102 valence electrons. The highest BCUT2D eigenvalue weighted by molar-refractivity contribution is 6.82. The minimum Gasteiger partial charge on any atom is -0.550 e. The van der Waals surface area contributed by atoms with Crippen molar-refractivity contribution in [2.75, 3.05) is 0 Å². The summed E-state index contributed by atoms with van der Waals surface area (Å²) in [4.78, 5) is 11.7. The van der Waals surface area contributed by atoms with E-state index in [1.807, 2.05) is 13.8 Å². The fourth-order valence-corrected chi connectivity index (χ4v) is 7.01. The van der Waals surface area contributed by atoms with Crippen LogP contribution < -0.4 is 5.11 Å². The minimum atomic E-state index is -1.93. The number of hydrogen-bond acceptors (Lipinski definition) is 3. The lowest BCUT2D eigenvalue weighted by Crippen LogP contribution is -2.58. The monoisotopic (exact) mass is 275 g/mol. The second kappa shape index (κ2) is 5.24. The van der Waals surface area contributed by atoms with Gasteiger partial charge in [-0.05, 0) is 33.0 Å². The molecule has 17 heavy (non-hydrogen) atoms. The first kappa shape index (κ1) is 16.9. The van der Waals surface area contributed by atoms with E-state index >= 15 is 0 Å². The zero-order chi connectivity index (χ0) is 14.1. The van der Waals surface area contributed by atoms with Crippen LogP contribution in [-0.2, 0) is 9.22 Å². The third kappa shape index (κ3) is 3.66. The van der Waals surface area contributed by atoms with Crippen molar-refractivity contribution < 1.29 is 14.3 Å². The van der Waals surface area contributed by atoms with Crippen LogP contribution in [0.4, 0.5) is 0 Å². The molecule has 0 aromatic heterocycles. The second-order valence-corrected chi connectivity index (χ2v) is 16.6. The van der Waals surface area contributed by atoms with Gasteiger partial charge in [0.25, 0.3) is 0 Å². The van der Waals surface area contributed by atoms with E-state index in [-0.39, 0.29) is 6.10 Å². The predicted molar refractivity (Wildman–Crippen MR) is 75.2 cm³/mol. The highest BCUT2D eigenvalue weighted by atomic mass is 28.4. The van der Waals surface area contributed by atoms with Crippen molar-refractivity contribution in [3.63, 3.8) is 0 Å². The fourth-order valence-electron chi connectivity index (χ4n) is 2.67. The smallest absolute Gasteiger partial charge is 0.184 e. The molecule has 0 heterocycles. The predicted octanol–water partition coefficient (Wildman–Crippen LogP) is 2.46. The molecule has 0 aromatic rings. The number of carboxylic acids is 1. The van der Waals surface area contributed by atoms with Crippen molar-refractivity contribution >= 4 is 22.4 Å². The summed E-state index contributed by atoms with van der Waals surface area (Å²) in [6, 6.07) is 0. The first-order valence-corrected chi connectivity index (χ1v) is 13.2. The molecule has 0 aliphatic carbocycles. The summed E-state index contributed by atoms with van der Waals surface area (Å²) in [6.07, 6.45) is 0.312. The van der Waals surface area contributed by atoms with Gasteiger partial charge in [0.1, 0.15) is 0 Å². The molecular formula is C12H27O3Si2-. The maximum absolute atomic E-state index is 11.7. The summed E-state index contributed by atoms with van der Waals surface area (Å²) in [5.74, 6) is -0.940. The van der Waals surface area contributed by atoms with Crippen LogP contribution in [0.15, 0.2) is 0 Å². The molecule has 0 aliphatic heterocycles. The van der Waals surface area contributed by atoms with Gasteiger partial charge in [-0.3, -0.25) is 0 Å². The molecule has 0 aliphatic rings. The van der Waals surface area contributed by atoms with Crippen molar-refractivity contribution in [1.82, 2.24) is 0 Å². The Kier molecular flexibility index (Phi) is 5.20. The lowest BCUT2D eigenvalue weighted by Gasteiger charge is -2.49. The molecule has 0 saturated heterocycles. The van der Waals surface area contributed by atoms with E-state index in [2.05, 4.69) is 39.3 Å². The van der Waals surface area contributed by atoms with Crippen molar-refractivity contribution in [2.24, 2.45) is 0 Å². The first-order chi connectivity index (χ1) is 7.38. The zero-order valence-corrected chi connectivity index (χ0v) is 14.5. The maximum atomic E-state index is 11.7. The summed E-state index contributed by atoms with van der Waals surface area (Å²) in [7, 11) is -3.67. The highest BCUT2D eigenvalue weighted by Crippen LogP contribution is 2.46. The van der Waals surface area contributed by atoms with Gasteiger partial charge < -0.3 is 14.3 Å². The Morgan fingerprint density at radius 3 is 1.82 bits per heavy atom. The Bertz CT molecular complexity index is 278. The average Bonchev–Trinajstić information content (AvgIpc) is 1.97. The molecule has 2 unspecified atom stereocenters. The molecule has 0 N–H and O–H groups in total. The molecule has 0 rings (SSSR count). The van der Waals surface area contributed by atoms with Crippen molar-refractivity contribution in [2.45, 2.75) is 70.7 Å². The topological polar surface area (TPSA) is 49.4 Å². The van der Waals surface area contributed by atoms with Gasteiger partial charge in [0.2, 0.25) is 0 Å². The van der Waals surface area contributed by atoms with Gasteiger partial charge in [0.05, 0.1) is 14.2 Å². The number of carbonyl (C=O) groups is 1. The summed E-state index contributed by atoms with van der Waals surface area (Å²) in [5, 5.41) is 10.9. The highest BCUT2D eigenvalue weighted by Gasteiger charge is 2.49. The van der Waals surface area contributed by atoms with Gasteiger partial charge in [-0.2, -0.15) is 0 Å². The van der Waals surface area contributed by atoms with E-state index < -0.39 is 27.4 Å².